The molecule has 1 atom stereocenters. The van der Waals surface area contributed by atoms with E-state index in [1.54, 1.807) is 29.2 Å². The second kappa shape index (κ2) is 6.52. The second-order valence-corrected chi connectivity index (χ2v) is 8.03. The van der Waals surface area contributed by atoms with Crippen molar-refractivity contribution in [3.63, 3.8) is 0 Å². The summed E-state index contributed by atoms with van der Waals surface area (Å²) in [5.74, 6) is -0.0307. The van der Waals surface area contributed by atoms with Gasteiger partial charge in [-0.15, -0.1) is 0 Å². The lowest BCUT2D eigenvalue weighted by molar-refractivity contribution is -0.116. The Morgan fingerprint density at radius 2 is 1.96 bits per heavy atom. The fourth-order valence-electron chi connectivity index (χ4n) is 3.39. The Bertz CT molecular complexity index is 922. The number of amides is 1. The molecule has 0 spiro atoms. The van der Waals surface area contributed by atoms with Crippen LogP contribution in [0.15, 0.2) is 47.4 Å². The van der Waals surface area contributed by atoms with Gasteiger partial charge < -0.3 is 4.90 Å². The lowest BCUT2D eigenvalue weighted by Crippen LogP contribution is -2.33. The summed E-state index contributed by atoms with van der Waals surface area (Å²) in [6, 6.07) is 12.4. The molecule has 0 radical (unpaired) electrons. The van der Waals surface area contributed by atoms with E-state index in [9.17, 15) is 13.2 Å². The number of rotatable bonds is 4. The molecule has 1 N–H and O–H groups in total. The summed E-state index contributed by atoms with van der Waals surface area (Å²) in [5, 5.41) is 0. The van der Waals surface area contributed by atoms with Gasteiger partial charge in [0.2, 0.25) is 5.91 Å². The van der Waals surface area contributed by atoms with Crippen molar-refractivity contribution in [1.29, 1.82) is 0 Å². The minimum absolute atomic E-state index is 0.0307. The SMILES string of the molecule is CCc1ccccc1NS(=O)(=O)c1ccc2c(c1)CC(C)N2C(C)=O. The van der Waals surface area contributed by atoms with Crippen molar-refractivity contribution in [3.05, 3.63) is 53.6 Å². The zero-order chi connectivity index (χ0) is 18.2. The van der Waals surface area contributed by atoms with Crippen LogP contribution in [0.1, 0.15) is 31.9 Å². The van der Waals surface area contributed by atoms with Gasteiger partial charge in [0.05, 0.1) is 10.6 Å². The van der Waals surface area contributed by atoms with E-state index in [4.69, 9.17) is 0 Å². The molecule has 0 aromatic heterocycles. The maximum atomic E-state index is 12.8. The van der Waals surface area contributed by atoms with Crippen molar-refractivity contribution in [2.45, 2.75) is 44.6 Å². The number of carbonyl (C=O) groups is 1. The summed E-state index contributed by atoms with van der Waals surface area (Å²) in [6.45, 7) is 5.48. The van der Waals surface area contributed by atoms with Gasteiger partial charge in [-0.05, 0) is 55.2 Å². The van der Waals surface area contributed by atoms with Crippen LogP contribution in [0.2, 0.25) is 0 Å². The molecule has 0 aliphatic carbocycles. The molecule has 1 heterocycles. The van der Waals surface area contributed by atoms with E-state index in [0.29, 0.717) is 12.1 Å². The van der Waals surface area contributed by atoms with Crippen LogP contribution in [0, 0.1) is 0 Å². The van der Waals surface area contributed by atoms with Crippen LogP contribution in [-0.4, -0.2) is 20.4 Å². The first-order valence-corrected chi connectivity index (χ1v) is 9.85. The first-order chi connectivity index (χ1) is 11.8. The number of hydrogen-bond acceptors (Lipinski definition) is 3. The summed E-state index contributed by atoms with van der Waals surface area (Å²) in [4.78, 5) is 13.7. The highest BCUT2D eigenvalue weighted by Crippen LogP contribution is 2.34. The summed E-state index contributed by atoms with van der Waals surface area (Å²) < 4.78 is 28.2. The number of nitrogens with zero attached hydrogens (tertiary/aromatic N) is 1. The van der Waals surface area contributed by atoms with Crippen LogP contribution in [0.25, 0.3) is 0 Å². The van der Waals surface area contributed by atoms with Crippen LogP contribution in [0.4, 0.5) is 11.4 Å². The Morgan fingerprint density at radius 3 is 2.64 bits per heavy atom. The summed E-state index contributed by atoms with van der Waals surface area (Å²) in [5.41, 5.74) is 3.23. The van der Waals surface area contributed by atoms with Crippen LogP contribution in [-0.2, 0) is 27.7 Å². The molecule has 1 amide bonds. The van der Waals surface area contributed by atoms with Crippen LogP contribution in [0.5, 0.6) is 0 Å². The Labute approximate surface area is 148 Å². The van der Waals surface area contributed by atoms with Gasteiger partial charge in [0.15, 0.2) is 0 Å². The van der Waals surface area contributed by atoms with E-state index in [1.807, 2.05) is 32.0 Å². The molecule has 1 aliphatic rings. The van der Waals surface area contributed by atoms with Crippen molar-refractivity contribution in [2.24, 2.45) is 0 Å². The zero-order valence-electron chi connectivity index (χ0n) is 14.6. The number of hydrogen-bond donors (Lipinski definition) is 1. The average molecular weight is 358 g/mol. The summed E-state index contributed by atoms with van der Waals surface area (Å²) >= 11 is 0. The molecule has 0 saturated heterocycles. The van der Waals surface area contributed by atoms with Crippen LogP contribution < -0.4 is 9.62 Å². The lowest BCUT2D eigenvalue weighted by atomic mass is 10.1. The number of carbonyl (C=O) groups excluding carboxylic acids is 1. The molecule has 1 aliphatic heterocycles. The molecule has 2 aromatic carbocycles. The van der Waals surface area contributed by atoms with Gasteiger partial charge in [0.25, 0.3) is 10.0 Å². The second-order valence-electron chi connectivity index (χ2n) is 6.35. The van der Waals surface area contributed by atoms with E-state index < -0.39 is 10.0 Å². The minimum Gasteiger partial charge on any atom is -0.309 e. The number of anilines is 2. The van der Waals surface area contributed by atoms with Crippen molar-refractivity contribution < 1.29 is 13.2 Å². The molecule has 0 fully saturated rings. The smallest absolute Gasteiger partial charge is 0.261 e. The van der Waals surface area contributed by atoms with Crippen molar-refractivity contribution in [1.82, 2.24) is 0 Å². The molecule has 3 rings (SSSR count). The van der Waals surface area contributed by atoms with Gasteiger partial charge in [-0.25, -0.2) is 8.42 Å². The molecule has 5 nitrogen and oxygen atoms in total. The topological polar surface area (TPSA) is 66.5 Å². The van der Waals surface area contributed by atoms with Gasteiger partial charge in [-0.1, -0.05) is 25.1 Å². The fraction of sp³-hybridized carbons (Fsp3) is 0.316. The monoisotopic (exact) mass is 358 g/mol. The highest BCUT2D eigenvalue weighted by atomic mass is 32.2. The third kappa shape index (κ3) is 3.26. The Hall–Kier alpha value is -2.34. The number of benzene rings is 2. The predicted molar refractivity (Wildman–Crippen MR) is 99.4 cm³/mol. The van der Waals surface area contributed by atoms with E-state index in [2.05, 4.69) is 4.72 Å². The molecular weight excluding hydrogens is 336 g/mol. The first kappa shape index (κ1) is 17.5. The third-order valence-corrected chi connectivity index (χ3v) is 5.92. The normalized spacial score (nSPS) is 16.6. The molecular formula is C19H22N2O3S. The zero-order valence-corrected chi connectivity index (χ0v) is 15.4. The predicted octanol–water partition coefficient (Wildman–Crippen LogP) is 3.35. The number of sulfonamides is 1. The van der Waals surface area contributed by atoms with Gasteiger partial charge >= 0.3 is 0 Å². The van der Waals surface area contributed by atoms with Crippen molar-refractivity contribution in [3.8, 4) is 0 Å². The Balaban J connectivity index is 1.95. The highest BCUT2D eigenvalue weighted by molar-refractivity contribution is 7.92. The van der Waals surface area contributed by atoms with Crippen LogP contribution in [0.3, 0.4) is 0 Å². The van der Waals surface area contributed by atoms with E-state index in [0.717, 1.165) is 23.2 Å². The van der Waals surface area contributed by atoms with Crippen LogP contribution >= 0.6 is 0 Å². The Morgan fingerprint density at radius 1 is 1.24 bits per heavy atom. The number of fused-ring (bicyclic) bond motifs is 1. The summed E-state index contributed by atoms with van der Waals surface area (Å²) in [7, 11) is -3.68. The maximum Gasteiger partial charge on any atom is 0.261 e. The number of aryl methyl sites for hydroxylation is 1. The average Bonchev–Trinajstić information content (AvgIpc) is 2.90. The van der Waals surface area contributed by atoms with Gasteiger partial charge in [0.1, 0.15) is 0 Å². The first-order valence-electron chi connectivity index (χ1n) is 8.37. The molecule has 0 saturated carbocycles. The number of nitrogens with one attached hydrogen (secondary N) is 1. The molecule has 132 valence electrons. The number of para-hydroxylation sites is 1. The van der Waals surface area contributed by atoms with E-state index in [-0.39, 0.29) is 16.8 Å². The lowest BCUT2D eigenvalue weighted by Gasteiger charge is -2.20. The van der Waals surface area contributed by atoms with Gasteiger partial charge in [-0.3, -0.25) is 9.52 Å². The molecule has 2 aromatic rings. The molecule has 25 heavy (non-hydrogen) atoms. The highest BCUT2D eigenvalue weighted by Gasteiger charge is 2.30. The molecule has 6 heteroatoms. The van der Waals surface area contributed by atoms with Crippen molar-refractivity contribution >= 4 is 27.3 Å². The van der Waals surface area contributed by atoms with E-state index in [1.165, 1.54) is 6.92 Å². The standard InChI is InChI=1S/C19H22N2O3S/c1-4-15-7-5-6-8-18(15)20-25(23,24)17-9-10-19-16(12-17)11-13(2)21(19)14(3)22/h5-10,12-13,20H,4,11H2,1-3H3. The van der Waals surface area contributed by atoms with Gasteiger partial charge in [-0.2, -0.15) is 0 Å². The van der Waals surface area contributed by atoms with Crippen molar-refractivity contribution in [2.75, 3.05) is 9.62 Å². The largest absolute Gasteiger partial charge is 0.309 e. The minimum atomic E-state index is -3.68. The van der Waals surface area contributed by atoms with Gasteiger partial charge in [0, 0.05) is 18.7 Å². The summed E-state index contributed by atoms with van der Waals surface area (Å²) in [6.07, 6.45) is 1.40. The maximum absolute atomic E-state index is 12.8. The molecule has 1 unspecified atom stereocenters. The quantitative estimate of drug-likeness (QED) is 0.911. The molecule has 0 bridgehead atoms. The van der Waals surface area contributed by atoms with E-state index >= 15 is 0 Å². The fourth-order valence-corrected chi connectivity index (χ4v) is 4.54. The Kier molecular flexibility index (Phi) is 4.56. The third-order valence-electron chi connectivity index (χ3n) is 4.56.